The summed E-state index contributed by atoms with van der Waals surface area (Å²) in [6.07, 6.45) is 4.51. The number of nitrogens with one attached hydrogen (secondary N) is 1. The molecule has 0 spiro atoms. The van der Waals surface area contributed by atoms with Crippen molar-refractivity contribution in [1.82, 2.24) is 15.2 Å². The van der Waals surface area contributed by atoms with Crippen LogP contribution in [0.4, 0.5) is 0 Å². The van der Waals surface area contributed by atoms with Crippen molar-refractivity contribution < 1.29 is 0 Å². The van der Waals surface area contributed by atoms with Crippen molar-refractivity contribution in [2.24, 2.45) is 5.92 Å². The molecule has 1 aliphatic heterocycles. The van der Waals surface area contributed by atoms with Crippen LogP contribution in [0.1, 0.15) is 18.4 Å². The predicted molar refractivity (Wildman–Crippen MR) is 78.4 cm³/mol. The summed E-state index contributed by atoms with van der Waals surface area (Å²) in [5.41, 5.74) is 1.22. The van der Waals surface area contributed by atoms with Gasteiger partial charge in [-0.25, -0.2) is 4.98 Å². The van der Waals surface area contributed by atoms with Crippen molar-refractivity contribution in [1.29, 1.82) is 0 Å². The van der Waals surface area contributed by atoms with Gasteiger partial charge >= 0.3 is 0 Å². The van der Waals surface area contributed by atoms with Crippen LogP contribution in [0, 0.1) is 5.92 Å². The molecule has 1 fully saturated rings. The molecular weight excluding hydrogens is 269 g/mol. The first-order valence-electron chi connectivity index (χ1n) is 6.24. The average molecular weight is 290 g/mol. The van der Waals surface area contributed by atoms with E-state index >= 15 is 0 Å². The Hall–Kier alpha value is -0.350. The fraction of sp³-hybridized carbons (Fsp3) is 0.615. The summed E-state index contributed by atoms with van der Waals surface area (Å²) in [5.74, 6) is 0.786. The quantitative estimate of drug-likeness (QED) is 0.864. The van der Waals surface area contributed by atoms with Crippen molar-refractivity contribution in [2.45, 2.75) is 19.4 Å². The number of rotatable bonds is 4. The molecule has 0 amide bonds. The Kier molecular flexibility index (Phi) is 6.94. The second-order valence-electron chi connectivity index (χ2n) is 4.90. The van der Waals surface area contributed by atoms with E-state index in [0.717, 1.165) is 25.6 Å². The van der Waals surface area contributed by atoms with Crippen LogP contribution in [0.5, 0.6) is 0 Å². The summed E-state index contributed by atoms with van der Waals surface area (Å²) in [6.45, 7) is 4.43. The van der Waals surface area contributed by atoms with Gasteiger partial charge in [0.05, 0.1) is 0 Å². The van der Waals surface area contributed by atoms with E-state index in [0.29, 0.717) is 5.15 Å². The van der Waals surface area contributed by atoms with Crippen LogP contribution >= 0.6 is 24.0 Å². The number of pyridine rings is 1. The molecule has 2 heterocycles. The van der Waals surface area contributed by atoms with Gasteiger partial charge < -0.3 is 10.2 Å². The number of piperidine rings is 1. The van der Waals surface area contributed by atoms with E-state index in [4.69, 9.17) is 11.6 Å². The predicted octanol–water partition coefficient (Wildman–Crippen LogP) is 2.59. The van der Waals surface area contributed by atoms with Gasteiger partial charge in [0.2, 0.25) is 0 Å². The van der Waals surface area contributed by atoms with E-state index in [1.807, 2.05) is 18.3 Å². The molecule has 1 saturated heterocycles. The summed E-state index contributed by atoms with van der Waals surface area (Å²) < 4.78 is 0. The molecule has 1 aliphatic rings. The van der Waals surface area contributed by atoms with Crippen LogP contribution in [0.25, 0.3) is 0 Å². The summed E-state index contributed by atoms with van der Waals surface area (Å²) in [6, 6.07) is 3.90. The van der Waals surface area contributed by atoms with Gasteiger partial charge in [0.15, 0.2) is 0 Å². The van der Waals surface area contributed by atoms with Crippen LogP contribution in [0.2, 0.25) is 5.15 Å². The molecule has 1 atom stereocenters. The van der Waals surface area contributed by atoms with E-state index in [-0.39, 0.29) is 12.4 Å². The topological polar surface area (TPSA) is 28.2 Å². The average Bonchev–Trinajstić information content (AvgIpc) is 2.33. The van der Waals surface area contributed by atoms with Crippen molar-refractivity contribution in [3.63, 3.8) is 0 Å². The fourth-order valence-corrected chi connectivity index (χ4v) is 2.51. The van der Waals surface area contributed by atoms with Gasteiger partial charge in [0, 0.05) is 19.3 Å². The molecule has 1 aromatic rings. The highest BCUT2D eigenvalue weighted by molar-refractivity contribution is 6.29. The van der Waals surface area contributed by atoms with Crippen molar-refractivity contribution in [3.8, 4) is 0 Å². The Labute approximate surface area is 120 Å². The largest absolute Gasteiger partial charge is 0.316 e. The Bertz CT molecular complexity index is 337. The number of halogens is 2. The third-order valence-corrected chi connectivity index (χ3v) is 3.43. The number of hydrogen-bond donors (Lipinski definition) is 1. The third-order valence-electron chi connectivity index (χ3n) is 3.21. The Morgan fingerprint density at radius 3 is 2.94 bits per heavy atom. The zero-order valence-corrected chi connectivity index (χ0v) is 12.3. The summed E-state index contributed by atoms with van der Waals surface area (Å²) in [4.78, 5) is 6.47. The summed E-state index contributed by atoms with van der Waals surface area (Å²) in [5, 5.41) is 4.02. The van der Waals surface area contributed by atoms with Crippen LogP contribution in [-0.4, -0.2) is 36.6 Å². The lowest BCUT2D eigenvalue weighted by molar-refractivity contribution is 0.237. The molecule has 0 aliphatic carbocycles. The molecule has 0 radical (unpaired) electrons. The first-order valence-corrected chi connectivity index (χ1v) is 6.61. The monoisotopic (exact) mass is 289 g/mol. The Morgan fingerprint density at radius 1 is 1.50 bits per heavy atom. The molecular formula is C13H21Cl2N3. The molecule has 1 N–H and O–H groups in total. The normalized spacial score (nSPS) is 19.6. The maximum Gasteiger partial charge on any atom is 0.129 e. The van der Waals surface area contributed by atoms with Gasteiger partial charge in [0.25, 0.3) is 0 Å². The molecule has 0 bridgehead atoms. The molecule has 0 aromatic carbocycles. The van der Waals surface area contributed by atoms with Gasteiger partial charge in [0.1, 0.15) is 5.15 Å². The smallest absolute Gasteiger partial charge is 0.129 e. The highest BCUT2D eigenvalue weighted by Gasteiger charge is 2.14. The standard InChI is InChI=1S/C13H20ClN3.ClH/c1-17(9-11-3-2-6-15-7-11)10-12-4-5-13(14)16-8-12;/h4-5,8,11,15H,2-3,6-7,9-10H2,1H3;1H. The van der Waals surface area contributed by atoms with E-state index in [9.17, 15) is 0 Å². The van der Waals surface area contributed by atoms with Crippen LogP contribution in [0.3, 0.4) is 0 Å². The second kappa shape index (κ2) is 7.95. The highest BCUT2D eigenvalue weighted by atomic mass is 35.5. The van der Waals surface area contributed by atoms with E-state index < -0.39 is 0 Å². The van der Waals surface area contributed by atoms with E-state index in [2.05, 4.69) is 22.2 Å². The van der Waals surface area contributed by atoms with Crippen LogP contribution in [0.15, 0.2) is 18.3 Å². The molecule has 102 valence electrons. The lowest BCUT2D eigenvalue weighted by Gasteiger charge is -2.27. The molecule has 2 rings (SSSR count). The lowest BCUT2D eigenvalue weighted by atomic mass is 9.99. The van der Waals surface area contributed by atoms with Gasteiger partial charge in [-0.3, -0.25) is 0 Å². The minimum Gasteiger partial charge on any atom is -0.316 e. The highest BCUT2D eigenvalue weighted by Crippen LogP contribution is 2.13. The molecule has 3 nitrogen and oxygen atoms in total. The van der Waals surface area contributed by atoms with Crippen LogP contribution < -0.4 is 5.32 Å². The molecule has 1 aromatic heterocycles. The zero-order chi connectivity index (χ0) is 12.1. The van der Waals surface area contributed by atoms with Gasteiger partial charge in [-0.15, -0.1) is 12.4 Å². The van der Waals surface area contributed by atoms with E-state index in [1.54, 1.807) is 0 Å². The fourth-order valence-electron chi connectivity index (χ4n) is 2.40. The SMILES string of the molecule is CN(Cc1ccc(Cl)nc1)CC1CCCNC1.Cl. The van der Waals surface area contributed by atoms with Crippen LogP contribution in [-0.2, 0) is 6.54 Å². The zero-order valence-electron chi connectivity index (χ0n) is 10.7. The molecule has 18 heavy (non-hydrogen) atoms. The summed E-state index contributed by atoms with van der Waals surface area (Å²) >= 11 is 5.77. The number of nitrogens with zero attached hydrogens (tertiary/aromatic N) is 2. The van der Waals surface area contributed by atoms with Crippen molar-refractivity contribution >= 4 is 24.0 Å². The summed E-state index contributed by atoms with van der Waals surface area (Å²) in [7, 11) is 2.17. The molecule has 5 heteroatoms. The minimum atomic E-state index is 0. The molecule has 0 saturated carbocycles. The van der Waals surface area contributed by atoms with Gasteiger partial charge in [-0.2, -0.15) is 0 Å². The maximum atomic E-state index is 5.77. The first kappa shape index (κ1) is 15.7. The van der Waals surface area contributed by atoms with Crippen molar-refractivity contribution in [2.75, 3.05) is 26.7 Å². The lowest BCUT2D eigenvalue weighted by Crippen LogP contribution is -2.36. The van der Waals surface area contributed by atoms with Gasteiger partial charge in [-0.05, 0) is 50.5 Å². The van der Waals surface area contributed by atoms with E-state index in [1.165, 1.54) is 24.9 Å². The maximum absolute atomic E-state index is 5.77. The second-order valence-corrected chi connectivity index (χ2v) is 5.29. The third kappa shape index (κ3) is 5.11. The number of aromatic nitrogens is 1. The van der Waals surface area contributed by atoms with Gasteiger partial charge in [-0.1, -0.05) is 17.7 Å². The minimum absolute atomic E-state index is 0. The number of hydrogen-bond acceptors (Lipinski definition) is 3. The Morgan fingerprint density at radius 2 is 2.33 bits per heavy atom. The molecule has 1 unspecified atom stereocenters. The Balaban J connectivity index is 0.00000162. The van der Waals surface area contributed by atoms with Crippen molar-refractivity contribution in [3.05, 3.63) is 29.0 Å². The first-order chi connectivity index (χ1) is 8.24.